The van der Waals surface area contributed by atoms with Crippen molar-refractivity contribution >= 4 is 20.0 Å². The van der Waals surface area contributed by atoms with E-state index in [9.17, 15) is 16.8 Å². The van der Waals surface area contributed by atoms with Crippen molar-refractivity contribution in [1.82, 2.24) is 4.72 Å². The molecule has 6 nitrogen and oxygen atoms in total. The van der Waals surface area contributed by atoms with Gasteiger partial charge in [-0.05, 0) is 30.9 Å². The topological polar surface area (TPSA) is 106 Å². The second-order valence-electron chi connectivity index (χ2n) is 5.00. The Bertz CT molecular complexity index is 698. The van der Waals surface area contributed by atoms with Gasteiger partial charge in [0, 0.05) is 6.04 Å². The van der Waals surface area contributed by atoms with Crippen LogP contribution < -0.4 is 9.86 Å². The summed E-state index contributed by atoms with van der Waals surface area (Å²) in [6.45, 7) is 2.04. The number of hydrogen-bond acceptors (Lipinski definition) is 4. The summed E-state index contributed by atoms with van der Waals surface area (Å²) in [6, 6.07) is 5.25. The van der Waals surface area contributed by atoms with Crippen molar-refractivity contribution in [3.8, 4) is 0 Å². The van der Waals surface area contributed by atoms with E-state index in [2.05, 4.69) is 4.72 Å². The molecule has 0 radical (unpaired) electrons. The third kappa shape index (κ3) is 3.38. The average Bonchev–Trinajstić information content (AvgIpc) is 3.06. The van der Waals surface area contributed by atoms with Crippen molar-refractivity contribution in [3.63, 3.8) is 0 Å². The predicted molar refractivity (Wildman–Crippen MR) is 74.9 cm³/mol. The molecule has 0 spiro atoms. The van der Waals surface area contributed by atoms with Crippen LogP contribution in [0.5, 0.6) is 0 Å². The van der Waals surface area contributed by atoms with Gasteiger partial charge in [-0.1, -0.05) is 25.5 Å². The van der Waals surface area contributed by atoms with Gasteiger partial charge in [-0.2, -0.15) is 0 Å². The van der Waals surface area contributed by atoms with Crippen LogP contribution >= 0.6 is 0 Å². The van der Waals surface area contributed by atoms with Gasteiger partial charge in [-0.3, -0.25) is 0 Å². The normalized spacial score (nSPS) is 22.7. The number of primary sulfonamides is 1. The van der Waals surface area contributed by atoms with Crippen molar-refractivity contribution in [1.29, 1.82) is 0 Å². The molecule has 0 bridgehead atoms. The van der Waals surface area contributed by atoms with E-state index in [4.69, 9.17) is 5.14 Å². The molecule has 3 N–H and O–H groups in total. The van der Waals surface area contributed by atoms with Gasteiger partial charge in [-0.25, -0.2) is 26.7 Å². The molecule has 1 fully saturated rings. The molecule has 2 atom stereocenters. The van der Waals surface area contributed by atoms with Crippen LogP contribution in [0.15, 0.2) is 34.1 Å². The van der Waals surface area contributed by atoms with Crippen LogP contribution in [-0.4, -0.2) is 22.9 Å². The number of sulfonamides is 2. The fourth-order valence-electron chi connectivity index (χ4n) is 2.25. The zero-order chi connectivity index (χ0) is 15.0. The van der Waals surface area contributed by atoms with E-state index in [1.165, 1.54) is 24.3 Å². The SMILES string of the molecule is CCCC1CC1NS(=O)(=O)c1ccccc1S(N)(=O)=O. The summed E-state index contributed by atoms with van der Waals surface area (Å²) in [5.41, 5.74) is 0. The van der Waals surface area contributed by atoms with E-state index in [0.717, 1.165) is 19.3 Å². The Morgan fingerprint density at radius 3 is 2.35 bits per heavy atom. The van der Waals surface area contributed by atoms with Crippen molar-refractivity contribution in [2.45, 2.75) is 42.0 Å². The van der Waals surface area contributed by atoms with E-state index in [0.29, 0.717) is 5.92 Å². The van der Waals surface area contributed by atoms with E-state index >= 15 is 0 Å². The highest BCUT2D eigenvalue weighted by Crippen LogP contribution is 2.36. The maximum absolute atomic E-state index is 12.3. The third-order valence-electron chi connectivity index (χ3n) is 3.33. The highest BCUT2D eigenvalue weighted by molar-refractivity contribution is 7.92. The van der Waals surface area contributed by atoms with Crippen LogP contribution in [-0.2, 0) is 20.0 Å². The molecule has 2 unspecified atom stereocenters. The Labute approximate surface area is 119 Å². The van der Waals surface area contributed by atoms with E-state index < -0.39 is 20.0 Å². The molecule has 1 aromatic rings. The summed E-state index contributed by atoms with van der Waals surface area (Å²) in [5, 5.41) is 5.06. The Morgan fingerprint density at radius 2 is 1.80 bits per heavy atom. The number of benzene rings is 1. The first-order chi connectivity index (χ1) is 9.25. The lowest BCUT2D eigenvalue weighted by Crippen LogP contribution is -2.29. The molecule has 1 saturated carbocycles. The molecule has 0 aliphatic heterocycles. The van der Waals surface area contributed by atoms with Crippen LogP contribution in [0.1, 0.15) is 26.2 Å². The molecule has 8 heteroatoms. The zero-order valence-corrected chi connectivity index (χ0v) is 12.7. The Morgan fingerprint density at radius 1 is 1.20 bits per heavy atom. The van der Waals surface area contributed by atoms with Crippen molar-refractivity contribution in [2.75, 3.05) is 0 Å². The average molecular weight is 318 g/mol. The molecule has 0 amide bonds. The summed E-state index contributed by atoms with van der Waals surface area (Å²) in [6.07, 6.45) is 2.76. The summed E-state index contributed by atoms with van der Waals surface area (Å²) in [4.78, 5) is -0.662. The lowest BCUT2D eigenvalue weighted by Gasteiger charge is -2.10. The highest BCUT2D eigenvalue weighted by atomic mass is 32.2. The minimum atomic E-state index is -4.07. The Kier molecular flexibility index (Phi) is 4.19. The Hall–Kier alpha value is -0.960. The van der Waals surface area contributed by atoms with Gasteiger partial charge in [0.1, 0.15) is 9.79 Å². The van der Waals surface area contributed by atoms with E-state index in [1.54, 1.807) is 0 Å². The fourth-order valence-corrected chi connectivity index (χ4v) is 4.95. The molecule has 20 heavy (non-hydrogen) atoms. The monoisotopic (exact) mass is 318 g/mol. The molecule has 0 heterocycles. The first kappa shape index (κ1) is 15.4. The van der Waals surface area contributed by atoms with Gasteiger partial charge < -0.3 is 0 Å². The number of hydrogen-bond donors (Lipinski definition) is 2. The first-order valence-corrected chi connectivity index (χ1v) is 9.43. The summed E-state index contributed by atoms with van der Waals surface area (Å²) < 4.78 is 50.0. The maximum atomic E-state index is 12.3. The lowest BCUT2D eigenvalue weighted by atomic mass is 10.2. The lowest BCUT2D eigenvalue weighted by molar-refractivity contribution is 0.566. The zero-order valence-electron chi connectivity index (χ0n) is 11.1. The molecule has 1 aliphatic rings. The summed E-state index contributed by atoms with van der Waals surface area (Å²) in [7, 11) is -7.95. The molecule has 0 saturated heterocycles. The van der Waals surface area contributed by atoms with Gasteiger partial charge in [0.2, 0.25) is 20.0 Å². The highest BCUT2D eigenvalue weighted by Gasteiger charge is 2.40. The Balaban J connectivity index is 2.28. The second kappa shape index (κ2) is 5.44. The van der Waals surface area contributed by atoms with Gasteiger partial charge in [-0.15, -0.1) is 0 Å². The van der Waals surface area contributed by atoms with Gasteiger partial charge in [0.05, 0.1) is 0 Å². The predicted octanol–water partition coefficient (Wildman–Crippen LogP) is 0.801. The molecule has 112 valence electrons. The molecule has 1 aliphatic carbocycles. The number of nitrogens with two attached hydrogens (primary N) is 1. The molecule has 0 aromatic heterocycles. The standard InChI is InChI=1S/C12H18N2O4S2/c1-2-5-9-8-10(9)14-20(17,18)12-7-4-3-6-11(12)19(13,15)16/h3-4,6-7,9-10,14H,2,5,8H2,1H3,(H2,13,15,16). The molecule has 2 rings (SSSR count). The number of nitrogens with one attached hydrogen (secondary N) is 1. The third-order valence-corrected chi connectivity index (χ3v) is 5.98. The molecule has 1 aromatic carbocycles. The summed E-state index contributed by atoms with van der Waals surface area (Å²) in [5.74, 6) is 0.344. The van der Waals surface area contributed by atoms with E-state index in [1.807, 2.05) is 6.92 Å². The molecular weight excluding hydrogens is 300 g/mol. The smallest absolute Gasteiger partial charge is 0.225 e. The fraction of sp³-hybridized carbons (Fsp3) is 0.500. The minimum Gasteiger partial charge on any atom is -0.225 e. The minimum absolute atomic E-state index is 0.103. The first-order valence-electron chi connectivity index (χ1n) is 6.40. The van der Waals surface area contributed by atoms with Crippen LogP contribution in [0.3, 0.4) is 0 Å². The summed E-state index contributed by atoms with van der Waals surface area (Å²) >= 11 is 0. The van der Waals surface area contributed by atoms with Gasteiger partial charge in [0.15, 0.2) is 0 Å². The van der Waals surface area contributed by atoms with Crippen molar-refractivity contribution in [3.05, 3.63) is 24.3 Å². The van der Waals surface area contributed by atoms with Crippen LogP contribution in [0.4, 0.5) is 0 Å². The largest absolute Gasteiger partial charge is 0.242 e. The second-order valence-corrected chi connectivity index (χ2v) is 8.22. The van der Waals surface area contributed by atoms with E-state index in [-0.39, 0.29) is 15.8 Å². The molecular formula is C12H18N2O4S2. The van der Waals surface area contributed by atoms with Crippen molar-refractivity contribution < 1.29 is 16.8 Å². The van der Waals surface area contributed by atoms with Gasteiger partial charge >= 0.3 is 0 Å². The van der Waals surface area contributed by atoms with Gasteiger partial charge in [0.25, 0.3) is 0 Å². The van der Waals surface area contributed by atoms with Crippen LogP contribution in [0.2, 0.25) is 0 Å². The number of rotatable bonds is 6. The van der Waals surface area contributed by atoms with Crippen LogP contribution in [0, 0.1) is 5.92 Å². The maximum Gasteiger partial charge on any atom is 0.242 e. The van der Waals surface area contributed by atoms with Crippen LogP contribution in [0.25, 0.3) is 0 Å². The van der Waals surface area contributed by atoms with Crippen molar-refractivity contribution in [2.24, 2.45) is 11.1 Å². The quantitative estimate of drug-likeness (QED) is 0.809.